The van der Waals surface area contributed by atoms with Crippen LogP contribution in [-0.2, 0) is 9.59 Å². The Hall–Kier alpha value is -1.88. The second-order valence-corrected chi connectivity index (χ2v) is 5.03. The smallest absolute Gasteiger partial charge is 0.308 e. The number of para-hydroxylation sites is 1. The number of rotatable bonds is 4. The number of hydrogen-bond donors (Lipinski definition) is 2. The van der Waals surface area contributed by atoms with Crippen LogP contribution in [0.1, 0.15) is 6.92 Å². The molecule has 1 aliphatic rings. The average molecular weight is 262 g/mol. The number of nitrogens with zero attached hydrogens (tertiary/aromatic N) is 1. The van der Waals surface area contributed by atoms with E-state index in [1.165, 1.54) is 0 Å². The maximum atomic E-state index is 11.9. The minimum absolute atomic E-state index is 0.0852. The highest BCUT2D eigenvalue weighted by molar-refractivity contribution is 5.92. The van der Waals surface area contributed by atoms with E-state index in [4.69, 9.17) is 5.11 Å². The third-order valence-electron chi connectivity index (χ3n) is 3.43. The minimum atomic E-state index is -0.779. The highest BCUT2D eigenvalue weighted by Crippen LogP contribution is 2.22. The molecule has 0 aromatic heterocycles. The van der Waals surface area contributed by atoms with E-state index in [-0.39, 0.29) is 24.3 Å². The summed E-state index contributed by atoms with van der Waals surface area (Å²) in [6.45, 7) is 3.24. The minimum Gasteiger partial charge on any atom is -0.481 e. The number of carboxylic acids is 1. The summed E-state index contributed by atoms with van der Waals surface area (Å²) in [5.74, 6) is -1.17. The van der Waals surface area contributed by atoms with Gasteiger partial charge in [-0.2, -0.15) is 0 Å². The van der Waals surface area contributed by atoms with Gasteiger partial charge in [-0.25, -0.2) is 0 Å². The number of carbonyl (C=O) groups is 2. The third kappa shape index (κ3) is 3.54. The topological polar surface area (TPSA) is 69.6 Å². The van der Waals surface area contributed by atoms with Crippen LogP contribution in [0.15, 0.2) is 30.3 Å². The molecular formula is C14H18N2O3. The summed E-state index contributed by atoms with van der Waals surface area (Å²) in [7, 11) is 0. The molecule has 1 aliphatic heterocycles. The molecule has 0 aliphatic carbocycles. The number of hydrogen-bond acceptors (Lipinski definition) is 3. The van der Waals surface area contributed by atoms with Gasteiger partial charge in [0.05, 0.1) is 12.5 Å². The molecule has 5 heteroatoms. The Labute approximate surface area is 112 Å². The largest absolute Gasteiger partial charge is 0.481 e. The molecule has 1 saturated heterocycles. The van der Waals surface area contributed by atoms with Gasteiger partial charge in [-0.05, 0) is 18.1 Å². The lowest BCUT2D eigenvalue weighted by molar-refractivity contribution is -0.142. The maximum Gasteiger partial charge on any atom is 0.308 e. The Balaban J connectivity index is 1.85. The summed E-state index contributed by atoms with van der Waals surface area (Å²) in [5, 5.41) is 11.8. The van der Waals surface area contributed by atoms with E-state index >= 15 is 0 Å². The van der Waals surface area contributed by atoms with Crippen molar-refractivity contribution in [1.82, 2.24) is 4.90 Å². The van der Waals surface area contributed by atoms with E-state index in [0.29, 0.717) is 13.1 Å². The molecule has 0 saturated carbocycles. The fraction of sp³-hybridized carbons (Fsp3) is 0.429. The first-order valence-corrected chi connectivity index (χ1v) is 6.36. The molecule has 1 aromatic carbocycles. The van der Waals surface area contributed by atoms with Crippen LogP contribution < -0.4 is 5.32 Å². The van der Waals surface area contributed by atoms with Crippen LogP contribution in [0.25, 0.3) is 0 Å². The fourth-order valence-electron chi connectivity index (χ4n) is 2.44. The van der Waals surface area contributed by atoms with Gasteiger partial charge in [0.2, 0.25) is 5.91 Å². The van der Waals surface area contributed by atoms with E-state index in [0.717, 1.165) is 5.69 Å². The standard InChI is InChI=1S/C14H18N2O3/c1-10-7-16(8-12(10)14(18)19)9-13(17)15-11-5-3-2-4-6-11/h2-6,10,12H,7-9H2,1H3,(H,15,17)(H,18,19). The lowest BCUT2D eigenvalue weighted by atomic mass is 9.99. The number of benzene rings is 1. The molecule has 1 amide bonds. The number of likely N-dealkylation sites (tertiary alicyclic amines) is 1. The van der Waals surface area contributed by atoms with Crippen molar-refractivity contribution >= 4 is 17.6 Å². The number of amides is 1. The molecule has 5 nitrogen and oxygen atoms in total. The highest BCUT2D eigenvalue weighted by atomic mass is 16.4. The van der Waals surface area contributed by atoms with Gasteiger partial charge < -0.3 is 10.4 Å². The Morgan fingerprint density at radius 3 is 2.58 bits per heavy atom. The van der Waals surface area contributed by atoms with Crippen molar-refractivity contribution in [3.63, 3.8) is 0 Å². The Kier molecular flexibility index (Phi) is 4.16. The Bertz CT molecular complexity index is 461. The van der Waals surface area contributed by atoms with Gasteiger partial charge in [0.25, 0.3) is 0 Å². The number of carboxylic acid groups (broad SMARTS) is 1. The summed E-state index contributed by atoms with van der Waals surface area (Å²) in [6, 6.07) is 9.24. The van der Waals surface area contributed by atoms with E-state index in [1.807, 2.05) is 42.2 Å². The molecule has 0 spiro atoms. The summed E-state index contributed by atoms with van der Waals surface area (Å²) in [6.07, 6.45) is 0. The molecule has 1 fully saturated rings. The van der Waals surface area contributed by atoms with Crippen molar-refractivity contribution in [3.05, 3.63) is 30.3 Å². The number of anilines is 1. The van der Waals surface area contributed by atoms with Crippen LogP contribution in [0.2, 0.25) is 0 Å². The van der Waals surface area contributed by atoms with Crippen LogP contribution in [0.4, 0.5) is 5.69 Å². The summed E-state index contributed by atoms with van der Waals surface area (Å²) < 4.78 is 0. The zero-order chi connectivity index (χ0) is 13.8. The predicted molar refractivity (Wildman–Crippen MR) is 71.8 cm³/mol. The normalized spacial score (nSPS) is 23.2. The lowest BCUT2D eigenvalue weighted by Gasteiger charge is -2.14. The van der Waals surface area contributed by atoms with E-state index in [9.17, 15) is 9.59 Å². The molecule has 2 atom stereocenters. The molecule has 0 radical (unpaired) electrons. The van der Waals surface area contributed by atoms with Gasteiger partial charge >= 0.3 is 5.97 Å². The quantitative estimate of drug-likeness (QED) is 0.857. The van der Waals surface area contributed by atoms with Crippen molar-refractivity contribution in [3.8, 4) is 0 Å². The van der Waals surface area contributed by atoms with Crippen LogP contribution in [-0.4, -0.2) is 41.5 Å². The molecular weight excluding hydrogens is 244 g/mol. The van der Waals surface area contributed by atoms with Gasteiger partial charge in [-0.1, -0.05) is 25.1 Å². The van der Waals surface area contributed by atoms with Crippen molar-refractivity contribution in [1.29, 1.82) is 0 Å². The monoisotopic (exact) mass is 262 g/mol. The summed E-state index contributed by atoms with van der Waals surface area (Å²) >= 11 is 0. The molecule has 19 heavy (non-hydrogen) atoms. The molecule has 2 rings (SSSR count). The van der Waals surface area contributed by atoms with Crippen molar-refractivity contribution in [2.45, 2.75) is 6.92 Å². The first-order chi connectivity index (χ1) is 9.06. The van der Waals surface area contributed by atoms with Gasteiger partial charge in [0.1, 0.15) is 0 Å². The first kappa shape index (κ1) is 13.5. The molecule has 1 aromatic rings. The third-order valence-corrected chi connectivity index (χ3v) is 3.43. The maximum absolute atomic E-state index is 11.9. The Morgan fingerprint density at radius 1 is 1.32 bits per heavy atom. The molecule has 0 bridgehead atoms. The number of aliphatic carboxylic acids is 1. The van der Waals surface area contributed by atoms with Crippen LogP contribution >= 0.6 is 0 Å². The van der Waals surface area contributed by atoms with E-state index in [2.05, 4.69) is 5.32 Å². The number of carbonyl (C=O) groups excluding carboxylic acids is 1. The second-order valence-electron chi connectivity index (χ2n) is 5.03. The predicted octanol–water partition coefficient (Wildman–Crippen LogP) is 1.28. The van der Waals surface area contributed by atoms with Crippen molar-refractivity contribution < 1.29 is 14.7 Å². The molecule has 2 N–H and O–H groups in total. The molecule has 2 unspecified atom stereocenters. The van der Waals surface area contributed by atoms with Crippen molar-refractivity contribution in [2.75, 3.05) is 25.0 Å². The zero-order valence-electron chi connectivity index (χ0n) is 10.9. The fourth-order valence-corrected chi connectivity index (χ4v) is 2.44. The lowest BCUT2D eigenvalue weighted by Crippen LogP contribution is -2.32. The van der Waals surface area contributed by atoms with Crippen LogP contribution in [0.5, 0.6) is 0 Å². The summed E-state index contributed by atoms with van der Waals surface area (Å²) in [5.41, 5.74) is 0.759. The van der Waals surface area contributed by atoms with Crippen LogP contribution in [0.3, 0.4) is 0 Å². The van der Waals surface area contributed by atoms with Crippen molar-refractivity contribution in [2.24, 2.45) is 11.8 Å². The van der Waals surface area contributed by atoms with Crippen LogP contribution in [0, 0.1) is 11.8 Å². The number of nitrogens with one attached hydrogen (secondary N) is 1. The summed E-state index contributed by atoms with van der Waals surface area (Å²) in [4.78, 5) is 24.7. The van der Waals surface area contributed by atoms with Gasteiger partial charge in [0, 0.05) is 18.8 Å². The molecule has 102 valence electrons. The van der Waals surface area contributed by atoms with E-state index in [1.54, 1.807) is 0 Å². The highest BCUT2D eigenvalue weighted by Gasteiger charge is 2.35. The second kappa shape index (κ2) is 5.84. The van der Waals surface area contributed by atoms with Gasteiger partial charge in [0.15, 0.2) is 0 Å². The van der Waals surface area contributed by atoms with Gasteiger partial charge in [-0.15, -0.1) is 0 Å². The van der Waals surface area contributed by atoms with E-state index < -0.39 is 5.97 Å². The molecule has 1 heterocycles. The first-order valence-electron chi connectivity index (χ1n) is 6.36. The van der Waals surface area contributed by atoms with Gasteiger partial charge in [-0.3, -0.25) is 14.5 Å². The zero-order valence-corrected chi connectivity index (χ0v) is 10.9. The average Bonchev–Trinajstić information content (AvgIpc) is 2.71. The Morgan fingerprint density at radius 2 is 2.00 bits per heavy atom. The SMILES string of the molecule is CC1CN(CC(=O)Nc2ccccc2)CC1C(=O)O.